The molecular formula is C26H28N2O5. The van der Waals surface area contributed by atoms with E-state index in [4.69, 9.17) is 4.74 Å². The molecule has 0 unspecified atom stereocenters. The fraction of sp³-hybridized carbons (Fsp3) is 0.269. The van der Waals surface area contributed by atoms with Crippen molar-refractivity contribution in [1.29, 1.82) is 0 Å². The van der Waals surface area contributed by atoms with E-state index >= 15 is 0 Å². The van der Waals surface area contributed by atoms with Crippen molar-refractivity contribution in [2.75, 3.05) is 0 Å². The zero-order chi connectivity index (χ0) is 23.8. The molecule has 0 aliphatic carbocycles. The second kappa shape index (κ2) is 11.1. The number of carbonyl (C=O) groups excluding carboxylic acids is 2. The average molecular weight is 449 g/mol. The van der Waals surface area contributed by atoms with Crippen molar-refractivity contribution in [3.05, 3.63) is 83.9 Å². The van der Waals surface area contributed by atoms with Gasteiger partial charge in [-0.2, -0.15) is 0 Å². The third-order valence-corrected chi connectivity index (χ3v) is 5.35. The lowest BCUT2D eigenvalue weighted by molar-refractivity contribution is -0.142. The Kier molecular flexibility index (Phi) is 8.02. The van der Waals surface area contributed by atoms with Crippen LogP contribution in [0.5, 0.6) is 0 Å². The molecule has 0 aromatic heterocycles. The second-order valence-electron chi connectivity index (χ2n) is 8.17. The SMILES string of the molecule is CC(C)[C@@H](NC(=O)OCc1ccccc1)C(=O)N[C@@H](Cc1cccc2ccccc12)C(=O)O. The quantitative estimate of drug-likeness (QED) is 0.460. The summed E-state index contributed by atoms with van der Waals surface area (Å²) in [7, 11) is 0. The molecular weight excluding hydrogens is 420 g/mol. The first-order valence-corrected chi connectivity index (χ1v) is 10.8. The molecule has 3 aromatic rings. The predicted octanol–water partition coefficient (Wildman–Crippen LogP) is 3.90. The summed E-state index contributed by atoms with van der Waals surface area (Å²) in [6.45, 7) is 3.60. The van der Waals surface area contributed by atoms with Crippen LogP contribution in [0.15, 0.2) is 72.8 Å². The number of carbonyl (C=O) groups is 3. The van der Waals surface area contributed by atoms with E-state index < -0.39 is 30.1 Å². The van der Waals surface area contributed by atoms with Gasteiger partial charge < -0.3 is 20.5 Å². The Morgan fingerprint density at radius 1 is 0.879 bits per heavy atom. The number of alkyl carbamates (subject to hydrolysis) is 1. The zero-order valence-electron chi connectivity index (χ0n) is 18.7. The van der Waals surface area contributed by atoms with E-state index in [-0.39, 0.29) is 18.9 Å². The lowest BCUT2D eigenvalue weighted by Crippen LogP contribution is -2.54. The van der Waals surface area contributed by atoms with Crippen molar-refractivity contribution in [2.24, 2.45) is 5.92 Å². The van der Waals surface area contributed by atoms with Gasteiger partial charge in [-0.15, -0.1) is 0 Å². The number of nitrogens with one attached hydrogen (secondary N) is 2. The van der Waals surface area contributed by atoms with Crippen LogP contribution in [0.1, 0.15) is 25.0 Å². The molecule has 3 aromatic carbocycles. The van der Waals surface area contributed by atoms with Gasteiger partial charge in [0.05, 0.1) is 0 Å². The van der Waals surface area contributed by atoms with Gasteiger partial charge in [0.25, 0.3) is 0 Å². The number of amides is 2. The summed E-state index contributed by atoms with van der Waals surface area (Å²) in [6, 6.07) is 20.4. The summed E-state index contributed by atoms with van der Waals surface area (Å²) in [4.78, 5) is 37.1. The first-order valence-electron chi connectivity index (χ1n) is 10.8. The van der Waals surface area contributed by atoms with Gasteiger partial charge in [-0.25, -0.2) is 9.59 Å². The van der Waals surface area contributed by atoms with E-state index in [1.165, 1.54) is 0 Å². The molecule has 0 fully saturated rings. The molecule has 0 heterocycles. The molecule has 0 saturated heterocycles. The third-order valence-electron chi connectivity index (χ3n) is 5.35. The molecule has 0 aliphatic rings. The van der Waals surface area contributed by atoms with Crippen molar-refractivity contribution in [1.82, 2.24) is 10.6 Å². The average Bonchev–Trinajstić information content (AvgIpc) is 2.81. The van der Waals surface area contributed by atoms with Crippen LogP contribution in [0, 0.1) is 5.92 Å². The minimum atomic E-state index is -1.15. The van der Waals surface area contributed by atoms with E-state index in [1.807, 2.05) is 72.8 Å². The minimum Gasteiger partial charge on any atom is -0.480 e. The molecule has 0 bridgehead atoms. The number of rotatable bonds is 9. The van der Waals surface area contributed by atoms with Crippen LogP contribution in [-0.4, -0.2) is 35.2 Å². The Labute approximate surface area is 192 Å². The van der Waals surface area contributed by atoms with Gasteiger partial charge in [-0.3, -0.25) is 4.79 Å². The van der Waals surface area contributed by atoms with Crippen LogP contribution in [0.4, 0.5) is 4.79 Å². The van der Waals surface area contributed by atoms with Crippen molar-refractivity contribution in [3.8, 4) is 0 Å². The first-order chi connectivity index (χ1) is 15.8. The van der Waals surface area contributed by atoms with Gasteiger partial charge in [0.15, 0.2) is 0 Å². The van der Waals surface area contributed by atoms with Gasteiger partial charge in [0.2, 0.25) is 5.91 Å². The summed E-state index contributed by atoms with van der Waals surface area (Å²) in [5.41, 5.74) is 1.64. The van der Waals surface area contributed by atoms with Gasteiger partial charge >= 0.3 is 12.1 Å². The molecule has 33 heavy (non-hydrogen) atoms. The summed E-state index contributed by atoms with van der Waals surface area (Å²) >= 11 is 0. The van der Waals surface area contributed by atoms with Crippen LogP contribution >= 0.6 is 0 Å². The number of fused-ring (bicyclic) bond motifs is 1. The van der Waals surface area contributed by atoms with Crippen LogP contribution in [0.25, 0.3) is 10.8 Å². The van der Waals surface area contributed by atoms with E-state index in [2.05, 4.69) is 10.6 Å². The molecule has 2 amide bonds. The molecule has 7 heteroatoms. The highest BCUT2D eigenvalue weighted by Crippen LogP contribution is 2.20. The summed E-state index contributed by atoms with van der Waals surface area (Å²) < 4.78 is 5.21. The van der Waals surface area contributed by atoms with Crippen LogP contribution < -0.4 is 10.6 Å². The number of benzene rings is 3. The topological polar surface area (TPSA) is 105 Å². The van der Waals surface area contributed by atoms with Gasteiger partial charge in [-0.05, 0) is 27.8 Å². The van der Waals surface area contributed by atoms with Crippen LogP contribution in [0.2, 0.25) is 0 Å². The molecule has 0 aliphatic heterocycles. The van der Waals surface area contributed by atoms with Crippen molar-refractivity contribution < 1.29 is 24.2 Å². The molecule has 0 saturated carbocycles. The molecule has 2 atom stereocenters. The predicted molar refractivity (Wildman–Crippen MR) is 126 cm³/mol. The maximum Gasteiger partial charge on any atom is 0.408 e. The number of carboxylic acid groups (broad SMARTS) is 1. The summed E-state index contributed by atoms with van der Waals surface area (Å²) in [5, 5.41) is 16.8. The highest BCUT2D eigenvalue weighted by atomic mass is 16.5. The monoisotopic (exact) mass is 448 g/mol. The van der Waals surface area contributed by atoms with Gasteiger partial charge in [-0.1, -0.05) is 86.6 Å². The summed E-state index contributed by atoms with van der Waals surface area (Å²) in [5.74, 6) is -2.00. The Morgan fingerprint density at radius 2 is 1.55 bits per heavy atom. The fourth-order valence-electron chi connectivity index (χ4n) is 3.58. The van der Waals surface area contributed by atoms with E-state index in [9.17, 15) is 19.5 Å². The first kappa shape index (κ1) is 23.8. The highest BCUT2D eigenvalue weighted by molar-refractivity contribution is 5.90. The molecule has 0 radical (unpaired) electrons. The Bertz CT molecular complexity index is 1110. The van der Waals surface area contributed by atoms with E-state index in [0.29, 0.717) is 0 Å². The van der Waals surface area contributed by atoms with Crippen molar-refractivity contribution >= 4 is 28.7 Å². The number of hydrogen-bond acceptors (Lipinski definition) is 4. The number of ether oxygens (including phenoxy) is 1. The fourth-order valence-corrected chi connectivity index (χ4v) is 3.58. The maximum absolute atomic E-state index is 12.9. The maximum atomic E-state index is 12.9. The number of aliphatic carboxylic acids is 1. The third kappa shape index (κ3) is 6.55. The molecule has 3 rings (SSSR count). The van der Waals surface area contributed by atoms with Crippen LogP contribution in [0.3, 0.4) is 0 Å². The van der Waals surface area contributed by atoms with Gasteiger partial charge in [0.1, 0.15) is 18.7 Å². The smallest absolute Gasteiger partial charge is 0.408 e. The van der Waals surface area contributed by atoms with Crippen LogP contribution in [-0.2, 0) is 27.4 Å². The second-order valence-corrected chi connectivity index (χ2v) is 8.17. The van der Waals surface area contributed by atoms with Crippen molar-refractivity contribution in [2.45, 2.75) is 39.0 Å². The lowest BCUT2D eigenvalue weighted by Gasteiger charge is -2.24. The number of hydrogen-bond donors (Lipinski definition) is 3. The lowest BCUT2D eigenvalue weighted by atomic mass is 9.98. The Balaban J connectivity index is 1.66. The molecule has 0 spiro atoms. The highest BCUT2D eigenvalue weighted by Gasteiger charge is 2.29. The minimum absolute atomic E-state index is 0.0674. The molecule has 3 N–H and O–H groups in total. The Morgan fingerprint density at radius 3 is 2.24 bits per heavy atom. The normalized spacial score (nSPS) is 12.7. The molecule has 7 nitrogen and oxygen atoms in total. The van der Waals surface area contributed by atoms with Crippen molar-refractivity contribution in [3.63, 3.8) is 0 Å². The summed E-state index contributed by atoms with van der Waals surface area (Å²) in [6.07, 6.45) is -0.625. The van der Waals surface area contributed by atoms with Gasteiger partial charge in [0, 0.05) is 6.42 Å². The number of carboxylic acids is 1. The van der Waals surface area contributed by atoms with E-state index in [0.717, 1.165) is 21.9 Å². The molecule has 172 valence electrons. The Hall–Kier alpha value is -3.87. The standard InChI is InChI=1S/C26H28N2O5/c1-17(2)23(28-26(32)33-16-18-9-4-3-5-10-18)24(29)27-22(25(30)31)15-20-13-8-12-19-11-6-7-14-21(19)20/h3-14,17,22-23H,15-16H2,1-2H3,(H,27,29)(H,28,32)(H,30,31)/t22-,23+/m0/s1. The van der Waals surface area contributed by atoms with E-state index in [1.54, 1.807) is 13.8 Å². The zero-order valence-corrected chi connectivity index (χ0v) is 18.7. The largest absolute Gasteiger partial charge is 0.480 e.